The molecule has 0 aromatic heterocycles. The highest BCUT2D eigenvalue weighted by Crippen LogP contribution is 2.27. The number of aliphatic hydroxyl groups excluding tert-OH is 4. The van der Waals surface area contributed by atoms with E-state index in [4.69, 9.17) is 9.47 Å². The first-order chi connectivity index (χ1) is 40.5. The molecule has 12 nitrogen and oxygen atoms in total. The fraction of sp³-hybridized carbons (Fsp3) is 0.929. The van der Waals surface area contributed by atoms with Gasteiger partial charge in [-0.15, -0.1) is 0 Å². The van der Waals surface area contributed by atoms with Crippen molar-refractivity contribution >= 4 is 16.3 Å². The summed E-state index contributed by atoms with van der Waals surface area (Å²) in [6.45, 7) is 3.51. The van der Waals surface area contributed by atoms with Crippen molar-refractivity contribution < 1.29 is 51.8 Å². The minimum Gasteiger partial charge on any atom is -0.394 e. The van der Waals surface area contributed by atoms with Crippen LogP contribution in [0.15, 0.2) is 24.3 Å². The van der Waals surface area contributed by atoms with E-state index in [9.17, 15) is 38.2 Å². The van der Waals surface area contributed by atoms with Crippen LogP contribution in [0.4, 0.5) is 0 Å². The van der Waals surface area contributed by atoms with Crippen LogP contribution in [0, 0.1) is 0 Å². The van der Waals surface area contributed by atoms with Gasteiger partial charge in [-0.05, 0) is 44.9 Å². The summed E-state index contributed by atoms with van der Waals surface area (Å²) in [5.74, 6) is -0.223. The van der Waals surface area contributed by atoms with Crippen LogP contribution in [-0.4, -0.2) is 95.4 Å². The molecule has 1 rings (SSSR count). The first kappa shape index (κ1) is 79.6. The predicted molar refractivity (Wildman–Crippen MR) is 347 cm³/mol. The van der Waals surface area contributed by atoms with Gasteiger partial charge in [-0.25, -0.2) is 4.18 Å². The Hall–Kier alpha value is -1.42. The van der Waals surface area contributed by atoms with Crippen molar-refractivity contribution in [3.8, 4) is 0 Å². The van der Waals surface area contributed by atoms with Gasteiger partial charge in [0.15, 0.2) is 6.29 Å². The second kappa shape index (κ2) is 59.5. The number of nitrogens with one attached hydrogen (secondary N) is 1. The minimum absolute atomic E-state index is 0.223. The maximum absolute atomic E-state index is 13.2. The van der Waals surface area contributed by atoms with Gasteiger partial charge < -0.3 is 35.2 Å². The van der Waals surface area contributed by atoms with E-state index in [0.717, 1.165) is 57.8 Å². The molecule has 0 bridgehead atoms. The van der Waals surface area contributed by atoms with Crippen molar-refractivity contribution in [1.82, 2.24) is 5.32 Å². The minimum atomic E-state index is -5.08. The lowest BCUT2D eigenvalue weighted by Gasteiger charge is -2.41. The summed E-state index contributed by atoms with van der Waals surface area (Å²) in [6.07, 6.45) is 68.0. The van der Waals surface area contributed by atoms with Crippen LogP contribution in [0.3, 0.4) is 0 Å². The number of aliphatic hydroxyl groups is 4. The second-order valence-corrected chi connectivity index (χ2v) is 26.2. The smallest absolute Gasteiger partial charge is 0.394 e. The quantitative estimate of drug-likeness (QED) is 0.0193. The summed E-state index contributed by atoms with van der Waals surface area (Å²) in [4.78, 5) is 13.2. The number of unbranched alkanes of at least 4 members (excludes halogenated alkanes) is 48. The first-order valence-corrected chi connectivity index (χ1v) is 37.1. The lowest BCUT2D eigenvalue weighted by molar-refractivity contribution is -0.298. The Morgan fingerprint density at radius 1 is 0.482 bits per heavy atom. The van der Waals surface area contributed by atoms with Crippen LogP contribution in [-0.2, 0) is 28.9 Å². The van der Waals surface area contributed by atoms with E-state index in [1.165, 1.54) is 276 Å². The lowest BCUT2D eigenvalue weighted by atomic mass is 9.99. The Labute approximate surface area is 512 Å². The van der Waals surface area contributed by atoms with Gasteiger partial charge in [-0.3, -0.25) is 9.35 Å². The van der Waals surface area contributed by atoms with Crippen LogP contribution in [0.2, 0.25) is 0 Å². The number of ether oxygens (including phenoxy) is 2. The largest absolute Gasteiger partial charge is 0.397 e. The molecule has 1 aliphatic heterocycles. The average molecular weight is 1200 g/mol. The maximum atomic E-state index is 13.2. The highest BCUT2D eigenvalue weighted by Gasteiger charge is 2.48. The van der Waals surface area contributed by atoms with E-state index in [-0.39, 0.29) is 12.5 Å². The standard InChI is InChI=1S/C70H135NO11S/c1-3-5-7-9-11-13-15-17-19-21-22-23-24-25-26-27-28-29-30-31-32-33-34-35-36-37-38-39-40-41-42-44-46-48-50-52-54-56-58-60-66(74)71-63(62-80-70-68(76)69(82-83(77,78)79)67(75)65(61-72)81-70)64(73)59-57-55-53-51-49-47-45-43-20-18-16-14-12-10-8-6-4-2/h28-29,31-32,63-65,67-70,72-73,75-76H,3-27,30,33-62H2,1-2H3,(H,71,74)(H,77,78,79)/b29-28-,32-31-. The Kier molecular flexibility index (Phi) is 57.1. The number of amides is 1. The molecule has 1 aliphatic rings. The molecule has 7 atom stereocenters. The Bertz CT molecular complexity index is 1550. The molecule has 0 aromatic carbocycles. The van der Waals surface area contributed by atoms with Crippen molar-refractivity contribution in [1.29, 1.82) is 0 Å². The van der Waals surface area contributed by atoms with Crippen molar-refractivity contribution in [3.05, 3.63) is 24.3 Å². The van der Waals surface area contributed by atoms with Gasteiger partial charge in [-0.1, -0.05) is 334 Å². The molecule has 7 unspecified atom stereocenters. The van der Waals surface area contributed by atoms with Crippen molar-refractivity contribution in [2.45, 2.75) is 403 Å². The number of carbonyl (C=O) groups is 1. The van der Waals surface area contributed by atoms with Crippen LogP contribution in [0.25, 0.3) is 0 Å². The molecule has 1 fully saturated rings. The van der Waals surface area contributed by atoms with Crippen LogP contribution >= 0.6 is 0 Å². The topological polar surface area (TPSA) is 192 Å². The van der Waals surface area contributed by atoms with E-state index in [0.29, 0.717) is 12.8 Å². The van der Waals surface area contributed by atoms with Gasteiger partial charge in [0.1, 0.15) is 24.4 Å². The van der Waals surface area contributed by atoms with E-state index in [1.807, 2.05) is 0 Å². The summed E-state index contributed by atoms with van der Waals surface area (Å²) in [6, 6.07) is -0.857. The molecule has 0 aliphatic carbocycles. The number of allylic oxidation sites excluding steroid dienone is 4. The zero-order valence-corrected chi connectivity index (χ0v) is 54.9. The summed E-state index contributed by atoms with van der Waals surface area (Å²) < 4.78 is 48.1. The van der Waals surface area contributed by atoms with E-state index in [2.05, 4.69) is 47.7 Å². The van der Waals surface area contributed by atoms with Crippen LogP contribution in [0.5, 0.6) is 0 Å². The Morgan fingerprint density at radius 2 is 0.807 bits per heavy atom. The van der Waals surface area contributed by atoms with Gasteiger partial charge in [0.05, 0.1) is 25.4 Å². The van der Waals surface area contributed by atoms with Crippen molar-refractivity contribution in [2.75, 3.05) is 13.2 Å². The maximum Gasteiger partial charge on any atom is 0.397 e. The monoisotopic (exact) mass is 1200 g/mol. The van der Waals surface area contributed by atoms with Gasteiger partial charge in [0.2, 0.25) is 5.91 Å². The molecule has 6 N–H and O–H groups in total. The molecule has 0 radical (unpaired) electrons. The van der Waals surface area contributed by atoms with Gasteiger partial charge in [-0.2, -0.15) is 8.42 Å². The van der Waals surface area contributed by atoms with E-state index in [1.54, 1.807) is 0 Å². The second-order valence-electron chi connectivity index (χ2n) is 25.2. The number of hydrogen-bond donors (Lipinski definition) is 6. The molecule has 1 amide bonds. The number of carbonyl (C=O) groups excluding carboxylic acids is 1. The first-order valence-electron chi connectivity index (χ1n) is 35.7. The fourth-order valence-corrected chi connectivity index (χ4v) is 12.3. The molecule has 83 heavy (non-hydrogen) atoms. The third-order valence-electron chi connectivity index (χ3n) is 17.3. The van der Waals surface area contributed by atoms with Crippen LogP contribution in [0.1, 0.15) is 361 Å². The third-order valence-corrected chi connectivity index (χ3v) is 17.7. The summed E-state index contributed by atoms with van der Waals surface area (Å²) >= 11 is 0. The average Bonchev–Trinajstić information content (AvgIpc) is 3.59. The molecule has 1 saturated heterocycles. The third kappa shape index (κ3) is 51.2. The van der Waals surface area contributed by atoms with Gasteiger partial charge in [0.25, 0.3) is 0 Å². The highest BCUT2D eigenvalue weighted by molar-refractivity contribution is 7.80. The molecule has 0 spiro atoms. The van der Waals surface area contributed by atoms with E-state index >= 15 is 0 Å². The van der Waals surface area contributed by atoms with Crippen molar-refractivity contribution in [3.63, 3.8) is 0 Å². The summed E-state index contributed by atoms with van der Waals surface area (Å²) in [7, 11) is -5.08. The summed E-state index contributed by atoms with van der Waals surface area (Å²) in [5.41, 5.74) is 0. The van der Waals surface area contributed by atoms with Gasteiger partial charge >= 0.3 is 10.4 Å². The zero-order chi connectivity index (χ0) is 60.4. The molecular formula is C70H135NO11S. The van der Waals surface area contributed by atoms with E-state index < -0.39 is 59.9 Å². The van der Waals surface area contributed by atoms with Crippen LogP contribution < -0.4 is 5.32 Å². The Morgan fingerprint density at radius 3 is 1.14 bits per heavy atom. The highest BCUT2D eigenvalue weighted by atomic mass is 32.3. The molecule has 492 valence electrons. The van der Waals surface area contributed by atoms with Gasteiger partial charge in [0, 0.05) is 6.42 Å². The molecule has 0 saturated carbocycles. The van der Waals surface area contributed by atoms with Crippen molar-refractivity contribution in [2.24, 2.45) is 0 Å². The zero-order valence-electron chi connectivity index (χ0n) is 54.0. The Balaban J connectivity index is 2.15. The number of rotatable bonds is 64. The fourth-order valence-electron chi connectivity index (χ4n) is 11.8. The normalized spacial score (nSPS) is 18.5. The summed E-state index contributed by atoms with van der Waals surface area (Å²) in [5, 5.41) is 45.3. The molecular weight excluding hydrogens is 1060 g/mol. The predicted octanol–water partition coefficient (Wildman–Crippen LogP) is 18.7. The molecule has 1 heterocycles. The lowest BCUT2D eigenvalue weighted by Crippen LogP contribution is -2.61. The number of hydrogen-bond acceptors (Lipinski definition) is 10. The molecule has 13 heteroatoms. The SMILES string of the molecule is CCCCCCCCCCCCCCCCC/C=C\C/C=C\CCCCCCCCCCCCCCCCCCCC(=O)NC(COC1OC(CO)C(O)C(OS(=O)(=O)O)C1O)C(O)CCCCCCCCCCCCCCCCCCC. The molecule has 0 aromatic rings.